The third-order valence-corrected chi connectivity index (χ3v) is 3.80. The lowest BCUT2D eigenvalue weighted by Gasteiger charge is -2.32. The predicted octanol–water partition coefficient (Wildman–Crippen LogP) is 1.32. The highest BCUT2D eigenvalue weighted by atomic mass is 16.2. The fourth-order valence-corrected chi connectivity index (χ4v) is 2.57. The number of benzene rings is 1. The van der Waals surface area contributed by atoms with Gasteiger partial charge in [0.2, 0.25) is 5.91 Å². The molecule has 3 N–H and O–H groups in total. The second-order valence-electron chi connectivity index (χ2n) is 5.29. The zero-order valence-electron chi connectivity index (χ0n) is 12.0. The molecule has 1 heterocycles. The Morgan fingerprint density at radius 3 is 2.55 bits per heavy atom. The van der Waals surface area contributed by atoms with Crippen molar-refractivity contribution in [3.63, 3.8) is 0 Å². The number of nitrogens with zero attached hydrogens (tertiary/aromatic N) is 1. The van der Waals surface area contributed by atoms with E-state index in [1.165, 1.54) is 6.92 Å². The lowest BCUT2D eigenvalue weighted by atomic mass is 10.0. The summed E-state index contributed by atoms with van der Waals surface area (Å²) >= 11 is 0. The Kier molecular flexibility index (Phi) is 4.27. The topological polar surface area (TPSA) is 75.4 Å². The van der Waals surface area contributed by atoms with Crippen molar-refractivity contribution in [1.29, 1.82) is 0 Å². The van der Waals surface area contributed by atoms with E-state index in [0.29, 0.717) is 24.3 Å². The highest BCUT2D eigenvalue weighted by molar-refractivity contribution is 5.97. The van der Waals surface area contributed by atoms with Gasteiger partial charge in [-0.05, 0) is 37.5 Å². The zero-order valence-corrected chi connectivity index (χ0v) is 12.0. The number of nitrogen functional groups attached to an aromatic ring is 1. The Bertz CT molecular complexity index is 520. The number of amides is 2. The van der Waals surface area contributed by atoms with E-state index in [1.54, 1.807) is 12.1 Å². The summed E-state index contributed by atoms with van der Waals surface area (Å²) in [6.07, 6.45) is 1.60. The summed E-state index contributed by atoms with van der Waals surface area (Å²) in [6, 6.07) is 5.60. The molecule has 0 spiro atoms. The Morgan fingerprint density at radius 2 is 1.95 bits per heavy atom. The van der Waals surface area contributed by atoms with Crippen molar-refractivity contribution < 1.29 is 9.59 Å². The van der Waals surface area contributed by atoms with Gasteiger partial charge in [0.05, 0.1) is 0 Å². The molecule has 0 atom stereocenters. The number of likely N-dealkylation sites (tertiary alicyclic amines) is 1. The number of rotatable bonds is 2. The molecule has 2 amide bonds. The average Bonchev–Trinajstić information content (AvgIpc) is 2.41. The summed E-state index contributed by atoms with van der Waals surface area (Å²) in [5.74, 6) is 0.0116. The van der Waals surface area contributed by atoms with Gasteiger partial charge in [0.1, 0.15) is 0 Å². The Hall–Kier alpha value is -2.04. The van der Waals surface area contributed by atoms with Gasteiger partial charge in [0, 0.05) is 37.3 Å². The highest BCUT2D eigenvalue weighted by Crippen LogP contribution is 2.20. The van der Waals surface area contributed by atoms with Crippen LogP contribution in [0.3, 0.4) is 0 Å². The van der Waals surface area contributed by atoms with Crippen molar-refractivity contribution >= 4 is 17.5 Å². The number of carbonyl (C=O) groups is 2. The molecular weight excluding hydrogens is 254 g/mol. The maximum absolute atomic E-state index is 12.5. The van der Waals surface area contributed by atoms with Crippen LogP contribution in [0, 0.1) is 6.92 Å². The van der Waals surface area contributed by atoms with Crippen LogP contribution < -0.4 is 11.1 Å². The lowest BCUT2D eigenvalue weighted by Crippen LogP contribution is -2.46. The lowest BCUT2D eigenvalue weighted by molar-refractivity contribution is -0.119. The maximum Gasteiger partial charge on any atom is 0.254 e. The molecule has 20 heavy (non-hydrogen) atoms. The molecule has 0 bridgehead atoms. The van der Waals surface area contributed by atoms with Crippen LogP contribution >= 0.6 is 0 Å². The van der Waals surface area contributed by atoms with Crippen LogP contribution in [0.1, 0.15) is 35.7 Å². The van der Waals surface area contributed by atoms with Crippen molar-refractivity contribution in [2.45, 2.75) is 32.7 Å². The van der Waals surface area contributed by atoms with E-state index in [1.807, 2.05) is 17.9 Å². The first kappa shape index (κ1) is 14.4. The Balaban J connectivity index is 2.02. The number of carbonyl (C=O) groups excluding carboxylic acids is 2. The summed E-state index contributed by atoms with van der Waals surface area (Å²) in [7, 11) is 0. The molecule has 0 aromatic heterocycles. The summed E-state index contributed by atoms with van der Waals surface area (Å²) in [6.45, 7) is 4.72. The van der Waals surface area contributed by atoms with Gasteiger partial charge in [-0.1, -0.05) is 6.07 Å². The molecule has 1 aromatic rings. The molecule has 1 saturated heterocycles. The largest absolute Gasteiger partial charge is 0.398 e. The van der Waals surface area contributed by atoms with Crippen molar-refractivity contribution in [1.82, 2.24) is 10.2 Å². The number of nitrogens with two attached hydrogens (primary N) is 1. The van der Waals surface area contributed by atoms with Gasteiger partial charge in [-0.15, -0.1) is 0 Å². The number of nitrogens with one attached hydrogen (secondary N) is 1. The third kappa shape index (κ3) is 3.10. The number of hydrogen-bond acceptors (Lipinski definition) is 3. The molecule has 0 aliphatic carbocycles. The van der Waals surface area contributed by atoms with Crippen LogP contribution in [0.25, 0.3) is 0 Å². The van der Waals surface area contributed by atoms with Crippen LogP contribution in [-0.2, 0) is 4.79 Å². The number of piperidine rings is 1. The summed E-state index contributed by atoms with van der Waals surface area (Å²) in [5, 5.41) is 2.90. The van der Waals surface area contributed by atoms with Gasteiger partial charge in [-0.3, -0.25) is 9.59 Å². The smallest absolute Gasteiger partial charge is 0.254 e. The first-order chi connectivity index (χ1) is 9.49. The van der Waals surface area contributed by atoms with Crippen molar-refractivity contribution in [2.75, 3.05) is 18.8 Å². The van der Waals surface area contributed by atoms with Crippen LogP contribution in [0.5, 0.6) is 0 Å². The minimum Gasteiger partial charge on any atom is -0.398 e. The molecular formula is C15H21N3O2. The van der Waals surface area contributed by atoms with E-state index in [0.717, 1.165) is 18.4 Å². The van der Waals surface area contributed by atoms with Crippen LogP contribution in [0.2, 0.25) is 0 Å². The highest BCUT2D eigenvalue weighted by Gasteiger charge is 2.24. The van der Waals surface area contributed by atoms with E-state index in [-0.39, 0.29) is 17.9 Å². The maximum atomic E-state index is 12.5. The van der Waals surface area contributed by atoms with E-state index in [2.05, 4.69) is 5.32 Å². The molecule has 0 unspecified atom stereocenters. The molecule has 1 aromatic carbocycles. The van der Waals surface area contributed by atoms with Crippen LogP contribution in [0.4, 0.5) is 5.69 Å². The van der Waals surface area contributed by atoms with Crippen LogP contribution in [0.15, 0.2) is 18.2 Å². The fourth-order valence-electron chi connectivity index (χ4n) is 2.57. The van der Waals surface area contributed by atoms with E-state index in [9.17, 15) is 9.59 Å². The first-order valence-electron chi connectivity index (χ1n) is 6.90. The molecule has 2 rings (SSSR count). The second-order valence-corrected chi connectivity index (χ2v) is 5.29. The predicted molar refractivity (Wildman–Crippen MR) is 78.3 cm³/mol. The van der Waals surface area contributed by atoms with Gasteiger partial charge >= 0.3 is 0 Å². The van der Waals surface area contributed by atoms with Crippen molar-refractivity contribution in [3.8, 4) is 0 Å². The molecule has 5 heteroatoms. The van der Waals surface area contributed by atoms with Gasteiger partial charge in [-0.25, -0.2) is 0 Å². The van der Waals surface area contributed by atoms with Crippen LogP contribution in [-0.4, -0.2) is 35.8 Å². The van der Waals surface area contributed by atoms with E-state index < -0.39 is 0 Å². The fraction of sp³-hybridized carbons (Fsp3) is 0.467. The summed E-state index contributed by atoms with van der Waals surface area (Å²) in [5.41, 5.74) is 7.99. The van der Waals surface area contributed by atoms with Gasteiger partial charge in [0.25, 0.3) is 5.91 Å². The zero-order chi connectivity index (χ0) is 14.7. The quantitative estimate of drug-likeness (QED) is 0.799. The first-order valence-corrected chi connectivity index (χ1v) is 6.90. The SMILES string of the molecule is CC(=O)NC1CCN(C(=O)c2cccc(N)c2C)CC1. The van der Waals surface area contributed by atoms with Gasteiger partial charge in [0.15, 0.2) is 0 Å². The molecule has 0 saturated carbocycles. The van der Waals surface area contributed by atoms with E-state index in [4.69, 9.17) is 5.73 Å². The van der Waals surface area contributed by atoms with E-state index >= 15 is 0 Å². The molecule has 1 aliphatic heterocycles. The molecule has 1 aliphatic rings. The Labute approximate surface area is 119 Å². The number of anilines is 1. The van der Waals surface area contributed by atoms with Crippen molar-refractivity contribution in [2.24, 2.45) is 0 Å². The van der Waals surface area contributed by atoms with Crippen molar-refractivity contribution in [3.05, 3.63) is 29.3 Å². The average molecular weight is 275 g/mol. The molecule has 0 radical (unpaired) electrons. The number of hydrogen-bond donors (Lipinski definition) is 2. The minimum absolute atomic E-state index is 0.0125. The van der Waals surface area contributed by atoms with Gasteiger partial charge in [-0.2, -0.15) is 0 Å². The standard InChI is InChI=1S/C15H21N3O2/c1-10-13(4-3-5-14(10)16)15(20)18-8-6-12(7-9-18)17-11(2)19/h3-5,12H,6-9,16H2,1-2H3,(H,17,19). The second kappa shape index (κ2) is 5.94. The monoisotopic (exact) mass is 275 g/mol. The molecule has 108 valence electrons. The Morgan fingerprint density at radius 1 is 1.30 bits per heavy atom. The third-order valence-electron chi connectivity index (χ3n) is 3.80. The summed E-state index contributed by atoms with van der Waals surface area (Å²) < 4.78 is 0. The van der Waals surface area contributed by atoms with Gasteiger partial charge < -0.3 is 16.0 Å². The normalized spacial score (nSPS) is 16.0. The summed E-state index contributed by atoms with van der Waals surface area (Å²) in [4.78, 5) is 25.3. The molecule has 5 nitrogen and oxygen atoms in total. The molecule has 1 fully saturated rings. The minimum atomic E-state index is -0.0125.